The van der Waals surface area contributed by atoms with Crippen LogP contribution in [0, 0.1) is 0 Å². The van der Waals surface area contributed by atoms with Crippen molar-refractivity contribution in [1.29, 1.82) is 0 Å². The second-order valence-corrected chi connectivity index (χ2v) is 6.54. The summed E-state index contributed by atoms with van der Waals surface area (Å²) in [4.78, 5) is 26.8. The predicted octanol–water partition coefficient (Wildman–Crippen LogP) is 4.24. The number of benzene rings is 2. The zero-order valence-electron chi connectivity index (χ0n) is 12.8. The fourth-order valence-electron chi connectivity index (χ4n) is 2.88. The topological polar surface area (TPSA) is 49.4 Å². The predicted molar refractivity (Wildman–Crippen MR) is 95.6 cm³/mol. The van der Waals surface area contributed by atoms with Crippen LogP contribution < -0.4 is 5.32 Å². The fourth-order valence-corrected chi connectivity index (χ4v) is 3.41. The van der Waals surface area contributed by atoms with Crippen molar-refractivity contribution in [3.63, 3.8) is 0 Å². The number of hydrogen-bond donors (Lipinski definition) is 1. The average Bonchev–Trinajstić information content (AvgIpc) is 3.03. The number of rotatable bonds is 3. The molecule has 1 aliphatic heterocycles. The van der Waals surface area contributed by atoms with Crippen molar-refractivity contribution in [2.24, 2.45) is 0 Å². The van der Waals surface area contributed by atoms with Crippen molar-refractivity contribution in [2.45, 2.75) is 18.9 Å². The number of hydrogen-bond acceptors (Lipinski definition) is 2. The number of nitrogens with one attached hydrogen (secondary N) is 1. The summed E-state index contributed by atoms with van der Waals surface area (Å²) in [6, 6.07) is 13.4. The van der Waals surface area contributed by atoms with Gasteiger partial charge in [0.25, 0.3) is 5.91 Å². The van der Waals surface area contributed by atoms with Crippen LogP contribution in [0.3, 0.4) is 0 Å². The van der Waals surface area contributed by atoms with Crippen LogP contribution in [-0.4, -0.2) is 29.3 Å². The first-order valence-electron chi connectivity index (χ1n) is 7.67. The van der Waals surface area contributed by atoms with E-state index < -0.39 is 6.04 Å². The second kappa shape index (κ2) is 7.24. The van der Waals surface area contributed by atoms with E-state index in [9.17, 15) is 9.59 Å². The molecule has 1 N–H and O–H groups in total. The molecule has 1 atom stereocenters. The maximum Gasteiger partial charge on any atom is 0.254 e. The number of halogens is 2. The highest BCUT2D eigenvalue weighted by Crippen LogP contribution is 2.25. The number of likely N-dealkylation sites (tertiary alicyclic amines) is 1. The van der Waals surface area contributed by atoms with Crippen LogP contribution in [-0.2, 0) is 4.79 Å². The molecular formula is C18H16Cl2N2O2. The Balaban J connectivity index is 1.75. The Hall–Kier alpha value is -2.04. The summed E-state index contributed by atoms with van der Waals surface area (Å²) in [7, 11) is 0. The molecule has 0 aromatic heterocycles. The van der Waals surface area contributed by atoms with Crippen LogP contribution in [0.15, 0.2) is 48.5 Å². The van der Waals surface area contributed by atoms with Gasteiger partial charge in [-0.25, -0.2) is 0 Å². The van der Waals surface area contributed by atoms with Crippen molar-refractivity contribution in [3.05, 3.63) is 64.1 Å². The molecule has 4 nitrogen and oxygen atoms in total. The number of carbonyl (C=O) groups excluding carboxylic acids is 2. The van der Waals surface area contributed by atoms with E-state index in [0.29, 0.717) is 34.3 Å². The van der Waals surface area contributed by atoms with E-state index in [0.717, 1.165) is 6.42 Å². The summed E-state index contributed by atoms with van der Waals surface area (Å²) in [5.41, 5.74) is 1.11. The van der Waals surface area contributed by atoms with Crippen LogP contribution in [0.25, 0.3) is 0 Å². The maximum absolute atomic E-state index is 12.6. The van der Waals surface area contributed by atoms with E-state index >= 15 is 0 Å². The third-order valence-electron chi connectivity index (χ3n) is 3.97. The Labute approximate surface area is 150 Å². The van der Waals surface area contributed by atoms with Crippen LogP contribution in [0.5, 0.6) is 0 Å². The SMILES string of the molecule is O=C(Nc1cc(Cl)cc(Cl)c1)[C@H]1CCCN1C(=O)c1ccccc1. The molecule has 1 aliphatic rings. The van der Waals surface area contributed by atoms with Gasteiger partial charge < -0.3 is 10.2 Å². The molecule has 6 heteroatoms. The lowest BCUT2D eigenvalue weighted by Crippen LogP contribution is -2.43. The van der Waals surface area contributed by atoms with Crippen molar-refractivity contribution in [2.75, 3.05) is 11.9 Å². The molecule has 1 heterocycles. The monoisotopic (exact) mass is 362 g/mol. The quantitative estimate of drug-likeness (QED) is 0.887. The van der Waals surface area contributed by atoms with Gasteiger partial charge in [0.1, 0.15) is 6.04 Å². The molecule has 0 radical (unpaired) electrons. The van der Waals surface area contributed by atoms with Gasteiger partial charge in [-0.2, -0.15) is 0 Å². The summed E-state index contributed by atoms with van der Waals surface area (Å²) in [6.07, 6.45) is 1.44. The summed E-state index contributed by atoms with van der Waals surface area (Å²) in [5.74, 6) is -0.354. The molecule has 0 spiro atoms. The maximum atomic E-state index is 12.6. The number of nitrogens with zero attached hydrogens (tertiary/aromatic N) is 1. The number of amides is 2. The molecule has 0 aliphatic carbocycles. The molecule has 2 aromatic rings. The first kappa shape index (κ1) is 16.8. The fraction of sp³-hybridized carbons (Fsp3) is 0.222. The van der Waals surface area contributed by atoms with E-state index in [4.69, 9.17) is 23.2 Å². The lowest BCUT2D eigenvalue weighted by molar-refractivity contribution is -0.119. The number of carbonyl (C=O) groups is 2. The van der Waals surface area contributed by atoms with Crippen molar-refractivity contribution < 1.29 is 9.59 Å². The largest absolute Gasteiger partial charge is 0.327 e. The Morgan fingerprint density at radius 3 is 2.38 bits per heavy atom. The van der Waals surface area contributed by atoms with E-state index in [1.807, 2.05) is 18.2 Å². The molecule has 1 fully saturated rings. The molecule has 0 unspecified atom stereocenters. The summed E-state index contributed by atoms with van der Waals surface area (Å²) >= 11 is 11.9. The van der Waals surface area contributed by atoms with E-state index in [2.05, 4.69) is 5.32 Å². The van der Waals surface area contributed by atoms with Gasteiger partial charge in [-0.1, -0.05) is 41.4 Å². The molecule has 2 aromatic carbocycles. The summed E-state index contributed by atoms with van der Waals surface area (Å²) in [6.45, 7) is 0.572. The molecule has 0 saturated carbocycles. The van der Waals surface area contributed by atoms with Crippen LogP contribution >= 0.6 is 23.2 Å². The van der Waals surface area contributed by atoms with Gasteiger partial charge in [0.15, 0.2) is 0 Å². The molecule has 1 saturated heterocycles. The van der Waals surface area contributed by atoms with Gasteiger partial charge in [-0.15, -0.1) is 0 Å². The molecular weight excluding hydrogens is 347 g/mol. The third-order valence-corrected chi connectivity index (χ3v) is 4.40. The Morgan fingerprint density at radius 2 is 1.71 bits per heavy atom. The first-order valence-corrected chi connectivity index (χ1v) is 8.43. The lowest BCUT2D eigenvalue weighted by atomic mass is 10.1. The summed E-state index contributed by atoms with van der Waals surface area (Å²) in [5, 5.41) is 3.69. The standard InChI is InChI=1S/C18H16Cl2N2O2/c19-13-9-14(20)11-15(10-13)21-17(23)16-7-4-8-22(16)18(24)12-5-2-1-3-6-12/h1-3,5-6,9-11,16H,4,7-8H2,(H,21,23)/t16-/m1/s1. The smallest absolute Gasteiger partial charge is 0.254 e. The van der Waals surface area contributed by atoms with E-state index in [-0.39, 0.29) is 11.8 Å². The molecule has 2 amide bonds. The molecule has 124 valence electrons. The third kappa shape index (κ3) is 3.71. The van der Waals surface area contributed by atoms with Gasteiger partial charge in [0.05, 0.1) is 0 Å². The lowest BCUT2D eigenvalue weighted by Gasteiger charge is -2.24. The van der Waals surface area contributed by atoms with Gasteiger partial charge in [-0.3, -0.25) is 9.59 Å². The minimum atomic E-state index is -0.490. The molecule has 0 bridgehead atoms. The van der Waals surface area contributed by atoms with E-state index in [1.165, 1.54) is 0 Å². The molecule has 24 heavy (non-hydrogen) atoms. The van der Waals surface area contributed by atoms with Crippen molar-refractivity contribution in [1.82, 2.24) is 4.90 Å². The van der Waals surface area contributed by atoms with Gasteiger partial charge >= 0.3 is 0 Å². The van der Waals surface area contributed by atoms with Crippen LogP contribution in [0.1, 0.15) is 23.2 Å². The highest BCUT2D eigenvalue weighted by atomic mass is 35.5. The van der Waals surface area contributed by atoms with Crippen LogP contribution in [0.2, 0.25) is 10.0 Å². The Kier molecular flexibility index (Phi) is 5.07. The van der Waals surface area contributed by atoms with E-state index in [1.54, 1.807) is 35.2 Å². The second-order valence-electron chi connectivity index (χ2n) is 5.67. The normalized spacial score (nSPS) is 16.9. The Morgan fingerprint density at radius 1 is 1.04 bits per heavy atom. The average molecular weight is 363 g/mol. The van der Waals surface area contributed by atoms with Crippen molar-refractivity contribution in [3.8, 4) is 0 Å². The van der Waals surface area contributed by atoms with Gasteiger partial charge in [-0.05, 0) is 43.2 Å². The minimum absolute atomic E-state index is 0.127. The summed E-state index contributed by atoms with van der Waals surface area (Å²) < 4.78 is 0. The number of anilines is 1. The van der Waals surface area contributed by atoms with Gasteiger partial charge in [0, 0.05) is 27.8 Å². The highest BCUT2D eigenvalue weighted by molar-refractivity contribution is 6.35. The minimum Gasteiger partial charge on any atom is -0.327 e. The zero-order chi connectivity index (χ0) is 17.1. The highest BCUT2D eigenvalue weighted by Gasteiger charge is 2.34. The zero-order valence-corrected chi connectivity index (χ0v) is 14.3. The molecule has 3 rings (SSSR count). The van der Waals surface area contributed by atoms with Gasteiger partial charge in [0.2, 0.25) is 5.91 Å². The first-order chi connectivity index (χ1) is 11.5. The Bertz CT molecular complexity index is 745. The van der Waals surface area contributed by atoms with Crippen molar-refractivity contribution >= 4 is 40.7 Å². The van der Waals surface area contributed by atoms with Crippen LogP contribution in [0.4, 0.5) is 5.69 Å².